The van der Waals surface area contributed by atoms with Crippen molar-refractivity contribution in [3.63, 3.8) is 0 Å². The Labute approximate surface area is 165 Å². The fraction of sp³-hybridized carbons (Fsp3) is 1.00. The van der Waals surface area contributed by atoms with Gasteiger partial charge in [0, 0.05) is 12.3 Å². The molecule has 0 aromatic heterocycles. The van der Waals surface area contributed by atoms with Gasteiger partial charge in [0.25, 0.3) is 0 Å². The highest BCUT2D eigenvalue weighted by Gasteiger charge is 2.03. The Hall–Kier alpha value is 0.310. The van der Waals surface area contributed by atoms with E-state index in [0.717, 1.165) is 5.92 Å². The van der Waals surface area contributed by atoms with Crippen molar-refractivity contribution in [2.45, 2.75) is 110 Å². The van der Waals surface area contributed by atoms with E-state index in [2.05, 4.69) is 32.1 Å². The van der Waals surface area contributed by atoms with Gasteiger partial charge in [-0.1, -0.05) is 104 Å². The summed E-state index contributed by atoms with van der Waals surface area (Å²) in [5, 5.41) is 0. The summed E-state index contributed by atoms with van der Waals surface area (Å²) in [6.45, 7) is 7.29. The summed E-state index contributed by atoms with van der Waals surface area (Å²) in [4.78, 5) is 2.49. The van der Waals surface area contributed by atoms with Crippen LogP contribution in [0.5, 0.6) is 0 Å². The van der Waals surface area contributed by atoms with Crippen molar-refractivity contribution in [1.29, 1.82) is 0 Å². The van der Waals surface area contributed by atoms with E-state index < -0.39 is 0 Å². The molecule has 0 aromatic carbocycles. The molecule has 0 spiro atoms. The summed E-state index contributed by atoms with van der Waals surface area (Å²) in [7, 11) is 2.27. The first kappa shape index (κ1) is 25.3. The average molecular weight is 372 g/mol. The monoisotopic (exact) mass is 371 g/mol. The lowest BCUT2D eigenvalue weighted by Crippen LogP contribution is -2.22. The van der Waals surface area contributed by atoms with E-state index in [-0.39, 0.29) is 0 Å². The number of hydrogen-bond acceptors (Lipinski definition) is 2. The largest absolute Gasteiger partial charge is 0.306 e. The molecule has 1 nitrogen and oxygen atoms in total. The van der Waals surface area contributed by atoms with Crippen LogP contribution < -0.4 is 0 Å². The molecule has 152 valence electrons. The third-order valence-electron chi connectivity index (χ3n) is 5.46. The zero-order valence-corrected chi connectivity index (χ0v) is 19.0. The fourth-order valence-corrected chi connectivity index (χ4v) is 4.03. The molecule has 2 heteroatoms. The zero-order chi connectivity index (χ0) is 18.6. The first-order valence-corrected chi connectivity index (χ1v) is 12.8. The van der Waals surface area contributed by atoms with Gasteiger partial charge in [0.15, 0.2) is 0 Å². The molecule has 0 fully saturated rings. The molecule has 0 saturated carbocycles. The van der Waals surface area contributed by atoms with E-state index in [1.165, 1.54) is 115 Å². The first-order chi connectivity index (χ1) is 12.2. The Balaban J connectivity index is 3.21. The number of unbranched alkanes of at least 4 members (excludes halogenated alkanes) is 11. The highest BCUT2D eigenvalue weighted by molar-refractivity contribution is 7.98. The van der Waals surface area contributed by atoms with Crippen molar-refractivity contribution < 1.29 is 0 Å². The molecule has 0 aromatic rings. The van der Waals surface area contributed by atoms with Crippen LogP contribution in [-0.4, -0.2) is 37.0 Å². The van der Waals surface area contributed by atoms with Crippen molar-refractivity contribution in [1.82, 2.24) is 4.90 Å². The van der Waals surface area contributed by atoms with Crippen LogP contribution in [0, 0.1) is 5.92 Å². The maximum Gasteiger partial charge on any atom is 0.00692 e. The highest BCUT2D eigenvalue weighted by atomic mass is 32.2. The molecule has 0 aliphatic carbocycles. The molecule has 0 N–H and O–H groups in total. The smallest absolute Gasteiger partial charge is 0.00692 e. The lowest BCUT2D eigenvalue weighted by Gasteiger charge is -2.16. The Morgan fingerprint density at radius 1 is 0.680 bits per heavy atom. The van der Waals surface area contributed by atoms with Crippen LogP contribution in [-0.2, 0) is 0 Å². The van der Waals surface area contributed by atoms with E-state index in [1.807, 2.05) is 11.8 Å². The second-order valence-electron chi connectivity index (χ2n) is 8.22. The van der Waals surface area contributed by atoms with Gasteiger partial charge >= 0.3 is 0 Å². The molecule has 0 heterocycles. The fourth-order valence-electron chi connectivity index (χ4n) is 3.53. The first-order valence-electron chi connectivity index (χ1n) is 11.4. The van der Waals surface area contributed by atoms with E-state index in [4.69, 9.17) is 0 Å². The lowest BCUT2D eigenvalue weighted by atomic mass is 9.96. The molecule has 0 amide bonds. The van der Waals surface area contributed by atoms with Crippen molar-refractivity contribution in [3.8, 4) is 0 Å². The second kappa shape index (κ2) is 20.6. The van der Waals surface area contributed by atoms with E-state index >= 15 is 0 Å². The molecular formula is C23H49NS. The summed E-state index contributed by atoms with van der Waals surface area (Å²) in [5.74, 6) is 2.21. The van der Waals surface area contributed by atoms with Gasteiger partial charge in [-0.2, -0.15) is 11.8 Å². The standard InChI is InChI=1S/C23H49NS/c1-5-6-7-8-9-10-11-12-13-14-15-18-23(2)19-16-17-20-24(3)21-22-25-4/h23H,5-22H2,1-4H3. The Morgan fingerprint density at radius 2 is 1.16 bits per heavy atom. The van der Waals surface area contributed by atoms with Gasteiger partial charge in [-0.3, -0.25) is 0 Å². The molecule has 0 radical (unpaired) electrons. The third-order valence-corrected chi connectivity index (χ3v) is 6.06. The number of hydrogen-bond donors (Lipinski definition) is 0. The molecule has 0 aliphatic rings. The predicted molar refractivity (Wildman–Crippen MR) is 120 cm³/mol. The number of thioether (sulfide) groups is 1. The maximum atomic E-state index is 2.49. The quantitative estimate of drug-likeness (QED) is 0.201. The summed E-state index contributed by atoms with van der Waals surface area (Å²) < 4.78 is 0. The van der Waals surface area contributed by atoms with Crippen molar-refractivity contribution >= 4 is 11.8 Å². The highest BCUT2D eigenvalue weighted by Crippen LogP contribution is 2.17. The van der Waals surface area contributed by atoms with Gasteiger partial charge in [-0.15, -0.1) is 0 Å². The molecule has 0 saturated heterocycles. The van der Waals surface area contributed by atoms with Gasteiger partial charge in [0.05, 0.1) is 0 Å². The van der Waals surface area contributed by atoms with E-state index in [9.17, 15) is 0 Å². The van der Waals surface area contributed by atoms with Crippen LogP contribution in [0.1, 0.15) is 110 Å². The molecule has 0 aliphatic heterocycles. The van der Waals surface area contributed by atoms with Crippen LogP contribution in [0.2, 0.25) is 0 Å². The average Bonchev–Trinajstić information content (AvgIpc) is 2.61. The minimum absolute atomic E-state index is 0.940. The number of rotatable bonds is 20. The molecule has 1 unspecified atom stereocenters. The Bertz CT molecular complexity index is 244. The van der Waals surface area contributed by atoms with Crippen molar-refractivity contribution in [3.05, 3.63) is 0 Å². The SMILES string of the molecule is CCCCCCCCCCCCCC(C)CCCCN(C)CCSC. The maximum absolute atomic E-state index is 2.49. The minimum atomic E-state index is 0.940. The van der Waals surface area contributed by atoms with Gasteiger partial charge in [0.1, 0.15) is 0 Å². The van der Waals surface area contributed by atoms with Gasteiger partial charge in [0.2, 0.25) is 0 Å². The Morgan fingerprint density at radius 3 is 1.68 bits per heavy atom. The lowest BCUT2D eigenvalue weighted by molar-refractivity contribution is 0.335. The van der Waals surface area contributed by atoms with Crippen LogP contribution in [0.15, 0.2) is 0 Å². The third kappa shape index (κ3) is 20.5. The van der Waals surface area contributed by atoms with Crippen LogP contribution in [0.4, 0.5) is 0 Å². The zero-order valence-electron chi connectivity index (χ0n) is 18.2. The normalized spacial score (nSPS) is 12.8. The molecule has 25 heavy (non-hydrogen) atoms. The van der Waals surface area contributed by atoms with E-state index in [1.54, 1.807) is 0 Å². The van der Waals surface area contributed by atoms with Crippen LogP contribution >= 0.6 is 11.8 Å². The minimum Gasteiger partial charge on any atom is -0.306 e. The summed E-state index contributed by atoms with van der Waals surface area (Å²) in [6.07, 6.45) is 24.0. The van der Waals surface area contributed by atoms with E-state index in [0.29, 0.717) is 0 Å². The topological polar surface area (TPSA) is 3.24 Å². The molecule has 0 rings (SSSR count). The summed E-state index contributed by atoms with van der Waals surface area (Å²) in [6, 6.07) is 0. The van der Waals surface area contributed by atoms with Crippen molar-refractivity contribution in [2.24, 2.45) is 5.92 Å². The van der Waals surface area contributed by atoms with Gasteiger partial charge in [-0.25, -0.2) is 0 Å². The van der Waals surface area contributed by atoms with Crippen LogP contribution in [0.3, 0.4) is 0 Å². The van der Waals surface area contributed by atoms with Gasteiger partial charge < -0.3 is 4.90 Å². The Kier molecular flexibility index (Phi) is 20.9. The molecular weight excluding hydrogens is 322 g/mol. The number of nitrogens with zero attached hydrogens (tertiary/aromatic N) is 1. The summed E-state index contributed by atoms with van der Waals surface area (Å²) >= 11 is 1.95. The van der Waals surface area contributed by atoms with Crippen LogP contribution in [0.25, 0.3) is 0 Å². The molecule has 1 atom stereocenters. The summed E-state index contributed by atoms with van der Waals surface area (Å²) in [5.41, 5.74) is 0. The second-order valence-corrected chi connectivity index (χ2v) is 9.21. The molecule has 0 bridgehead atoms. The van der Waals surface area contributed by atoms with Gasteiger partial charge in [-0.05, 0) is 32.2 Å². The predicted octanol–water partition coefficient (Wildman–Crippen LogP) is 7.79. The van der Waals surface area contributed by atoms with Crippen molar-refractivity contribution in [2.75, 3.05) is 32.1 Å².